The molecule has 1 aromatic rings. The van der Waals surface area contributed by atoms with Crippen molar-refractivity contribution in [1.29, 1.82) is 0 Å². The first-order valence-corrected chi connectivity index (χ1v) is 4.11. The summed E-state index contributed by atoms with van der Waals surface area (Å²) >= 11 is 0. The summed E-state index contributed by atoms with van der Waals surface area (Å²) in [6.07, 6.45) is 3.71. The van der Waals surface area contributed by atoms with E-state index >= 15 is 0 Å². The Morgan fingerprint density at radius 1 is 1.09 bits per heavy atom. The summed E-state index contributed by atoms with van der Waals surface area (Å²) in [5, 5.41) is 0. The van der Waals surface area contributed by atoms with Crippen molar-refractivity contribution in [3.05, 3.63) is 30.1 Å². The molecular formula is C10H15N. The molecule has 1 heterocycles. The molecule has 0 radical (unpaired) electrons. The fourth-order valence-electron chi connectivity index (χ4n) is 1.05. The minimum Gasteiger partial charge on any atom is -0.265 e. The number of rotatable bonds is 2. The minimum absolute atomic E-state index is 0.637. The van der Waals surface area contributed by atoms with Crippen molar-refractivity contribution < 1.29 is 0 Å². The maximum absolute atomic E-state index is 3.99. The number of hydrogen-bond donors (Lipinski definition) is 0. The lowest BCUT2D eigenvalue weighted by Crippen LogP contribution is -2.01. The van der Waals surface area contributed by atoms with Crippen molar-refractivity contribution in [2.45, 2.75) is 26.7 Å². The van der Waals surface area contributed by atoms with Gasteiger partial charge in [-0.05, 0) is 29.5 Å². The van der Waals surface area contributed by atoms with Gasteiger partial charge in [0.1, 0.15) is 0 Å². The summed E-state index contributed by atoms with van der Waals surface area (Å²) in [5.41, 5.74) is 1.38. The number of hydrogen-bond acceptors (Lipinski definition) is 1. The Kier molecular flexibility index (Phi) is 2.64. The van der Waals surface area contributed by atoms with Crippen LogP contribution in [0.15, 0.2) is 24.5 Å². The van der Waals surface area contributed by atoms with Crippen LogP contribution in [-0.2, 0) is 0 Å². The second kappa shape index (κ2) is 3.51. The molecular weight excluding hydrogens is 134 g/mol. The first-order valence-electron chi connectivity index (χ1n) is 4.11. The first-order chi connectivity index (χ1) is 5.22. The number of nitrogens with zero attached hydrogens (tertiary/aromatic N) is 1. The van der Waals surface area contributed by atoms with Crippen molar-refractivity contribution in [3.63, 3.8) is 0 Å². The van der Waals surface area contributed by atoms with E-state index in [-0.39, 0.29) is 0 Å². The molecule has 11 heavy (non-hydrogen) atoms. The SMILES string of the molecule is CC(C)[C@@H](C)c1ccncc1. The zero-order valence-corrected chi connectivity index (χ0v) is 7.41. The van der Waals surface area contributed by atoms with Crippen molar-refractivity contribution in [2.75, 3.05) is 0 Å². The fourth-order valence-corrected chi connectivity index (χ4v) is 1.05. The molecule has 0 unspecified atom stereocenters. The van der Waals surface area contributed by atoms with Crippen LogP contribution in [-0.4, -0.2) is 4.98 Å². The van der Waals surface area contributed by atoms with Crippen LogP contribution in [0.4, 0.5) is 0 Å². The molecule has 0 saturated carbocycles. The van der Waals surface area contributed by atoms with Crippen LogP contribution >= 0.6 is 0 Å². The highest BCUT2D eigenvalue weighted by atomic mass is 14.6. The summed E-state index contributed by atoms with van der Waals surface area (Å²) in [4.78, 5) is 3.99. The van der Waals surface area contributed by atoms with Gasteiger partial charge in [-0.3, -0.25) is 4.98 Å². The molecule has 0 aliphatic rings. The molecule has 1 nitrogen and oxygen atoms in total. The molecule has 1 rings (SSSR count). The molecule has 1 aromatic heterocycles. The molecule has 60 valence electrons. The largest absolute Gasteiger partial charge is 0.265 e. The zero-order valence-electron chi connectivity index (χ0n) is 7.41. The molecule has 0 bridgehead atoms. The highest BCUT2D eigenvalue weighted by Crippen LogP contribution is 2.22. The van der Waals surface area contributed by atoms with Crippen LogP contribution in [0, 0.1) is 5.92 Å². The van der Waals surface area contributed by atoms with Gasteiger partial charge in [0.25, 0.3) is 0 Å². The van der Waals surface area contributed by atoms with Gasteiger partial charge < -0.3 is 0 Å². The zero-order chi connectivity index (χ0) is 8.27. The molecule has 0 aliphatic heterocycles. The Labute approximate surface area is 68.5 Å². The van der Waals surface area contributed by atoms with Crippen molar-refractivity contribution in [2.24, 2.45) is 5.92 Å². The van der Waals surface area contributed by atoms with Crippen molar-refractivity contribution >= 4 is 0 Å². The Morgan fingerprint density at radius 3 is 2.09 bits per heavy atom. The van der Waals surface area contributed by atoms with Gasteiger partial charge in [0.15, 0.2) is 0 Å². The maximum Gasteiger partial charge on any atom is 0.0270 e. The third-order valence-electron chi connectivity index (χ3n) is 2.23. The molecule has 0 spiro atoms. The standard InChI is InChI=1S/C10H15N/c1-8(2)9(3)10-4-6-11-7-5-10/h4-9H,1-3H3/t9-/m1/s1. The summed E-state index contributed by atoms with van der Waals surface area (Å²) in [7, 11) is 0. The topological polar surface area (TPSA) is 12.9 Å². The maximum atomic E-state index is 3.99. The van der Waals surface area contributed by atoms with Gasteiger partial charge >= 0.3 is 0 Å². The molecule has 1 atom stereocenters. The van der Waals surface area contributed by atoms with Crippen LogP contribution in [0.5, 0.6) is 0 Å². The average molecular weight is 149 g/mol. The fraction of sp³-hybridized carbons (Fsp3) is 0.500. The lowest BCUT2D eigenvalue weighted by Gasteiger charge is -2.14. The molecule has 0 saturated heterocycles. The van der Waals surface area contributed by atoms with Crippen molar-refractivity contribution in [3.8, 4) is 0 Å². The monoisotopic (exact) mass is 149 g/mol. The van der Waals surface area contributed by atoms with E-state index < -0.39 is 0 Å². The van der Waals surface area contributed by atoms with Crippen molar-refractivity contribution in [1.82, 2.24) is 4.98 Å². The predicted molar refractivity (Wildman–Crippen MR) is 47.5 cm³/mol. The molecule has 0 amide bonds. The summed E-state index contributed by atoms with van der Waals surface area (Å²) in [5.74, 6) is 1.34. The van der Waals surface area contributed by atoms with Crippen LogP contribution in [0.3, 0.4) is 0 Å². The Balaban J connectivity index is 2.77. The van der Waals surface area contributed by atoms with E-state index in [2.05, 4.69) is 37.9 Å². The molecule has 0 aromatic carbocycles. The van der Waals surface area contributed by atoms with Gasteiger partial charge in [0.05, 0.1) is 0 Å². The molecule has 0 N–H and O–H groups in total. The Morgan fingerprint density at radius 2 is 1.64 bits per heavy atom. The van der Waals surface area contributed by atoms with Gasteiger partial charge in [-0.1, -0.05) is 20.8 Å². The quantitative estimate of drug-likeness (QED) is 0.630. The van der Waals surface area contributed by atoms with Gasteiger partial charge in [0, 0.05) is 12.4 Å². The Hall–Kier alpha value is -0.850. The highest BCUT2D eigenvalue weighted by molar-refractivity contribution is 5.15. The second-order valence-corrected chi connectivity index (χ2v) is 3.31. The minimum atomic E-state index is 0.637. The third-order valence-corrected chi connectivity index (χ3v) is 2.23. The van der Waals surface area contributed by atoms with E-state index in [4.69, 9.17) is 0 Å². The van der Waals surface area contributed by atoms with Crippen LogP contribution in [0.2, 0.25) is 0 Å². The van der Waals surface area contributed by atoms with E-state index in [1.807, 2.05) is 12.4 Å². The smallest absolute Gasteiger partial charge is 0.0270 e. The van der Waals surface area contributed by atoms with E-state index in [0.717, 1.165) is 0 Å². The third kappa shape index (κ3) is 2.04. The summed E-state index contributed by atoms with van der Waals surface area (Å²) < 4.78 is 0. The van der Waals surface area contributed by atoms with Crippen LogP contribution in [0.1, 0.15) is 32.3 Å². The van der Waals surface area contributed by atoms with Crippen LogP contribution in [0.25, 0.3) is 0 Å². The van der Waals surface area contributed by atoms with Gasteiger partial charge in [-0.2, -0.15) is 0 Å². The molecule has 0 aliphatic carbocycles. The van der Waals surface area contributed by atoms with E-state index in [0.29, 0.717) is 11.8 Å². The summed E-state index contributed by atoms with van der Waals surface area (Å²) in [6.45, 7) is 6.73. The lowest BCUT2D eigenvalue weighted by molar-refractivity contribution is 0.534. The highest BCUT2D eigenvalue weighted by Gasteiger charge is 2.08. The predicted octanol–water partition coefficient (Wildman–Crippen LogP) is 2.84. The van der Waals surface area contributed by atoms with E-state index in [1.165, 1.54) is 5.56 Å². The normalized spacial score (nSPS) is 13.5. The van der Waals surface area contributed by atoms with Gasteiger partial charge in [-0.25, -0.2) is 0 Å². The van der Waals surface area contributed by atoms with E-state index in [1.54, 1.807) is 0 Å². The molecule has 0 fully saturated rings. The lowest BCUT2D eigenvalue weighted by atomic mass is 9.91. The van der Waals surface area contributed by atoms with Crippen LogP contribution < -0.4 is 0 Å². The second-order valence-electron chi connectivity index (χ2n) is 3.31. The first kappa shape index (κ1) is 8.25. The van der Waals surface area contributed by atoms with Gasteiger partial charge in [0.2, 0.25) is 0 Å². The number of aromatic nitrogens is 1. The molecule has 1 heteroatoms. The summed E-state index contributed by atoms with van der Waals surface area (Å²) in [6, 6.07) is 4.18. The van der Waals surface area contributed by atoms with E-state index in [9.17, 15) is 0 Å². The number of pyridine rings is 1. The van der Waals surface area contributed by atoms with Gasteiger partial charge in [-0.15, -0.1) is 0 Å². The average Bonchev–Trinajstić information content (AvgIpc) is 2.05. The Bertz CT molecular complexity index is 203.